The number of aromatic nitrogens is 1. The van der Waals surface area contributed by atoms with Crippen LogP contribution in [0.15, 0.2) is 54.7 Å². The zero-order valence-electron chi connectivity index (χ0n) is 15.1. The van der Waals surface area contributed by atoms with Gasteiger partial charge in [0.1, 0.15) is 18.5 Å². The molecule has 0 bridgehead atoms. The number of ether oxygens (including phenoxy) is 1. The highest BCUT2D eigenvalue weighted by atomic mass is 127. The summed E-state index contributed by atoms with van der Waals surface area (Å²) >= 11 is 2.23. The number of nitrogens with one attached hydrogen (secondary N) is 2. The van der Waals surface area contributed by atoms with Gasteiger partial charge in [-0.05, 0) is 66.6 Å². The van der Waals surface area contributed by atoms with E-state index in [1.54, 1.807) is 0 Å². The molecular formula is C21H25IN2O2. The monoisotopic (exact) mass is 464 g/mol. The van der Waals surface area contributed by atoms with Crippen LogP contribution in [0.2, 0.25) is 0 Å². The zero-order chi connectivity index (χ0) is 18.6. The summed E-state index contributed by atoms with van der Waals surface area (Å²) in [5, 5.41) is 15.0. The highest BCUT2D eigenvalue weighted by Crippen LogP contribution is 2.22. The van der Waals surface area contributed by atoms with E-state index in [0.29, 0.717) is 6.54 Å². The standard InChI is InChI=1S/C21H25IN2O2/c1-21(2,11-15-12-23-19-9-5-3-7-17(15)19)24-13-16(25)14-26-20-10-6-4-8-18(20)22/h3-10,12,16,23-25H,11,13-14H2,1-2H3/t16-/m0/s1. The highest BCUT2D eigenvalue weighted by molar-refractivity contribution is 14.1. The molecule has 1 heterocycles. The van der Waals surface area contributed by atoms with Gasteiger partial charge in [0.15, 0.2) is 0 Å². The van der Waals surface area contributed by atoms with Crippen molar-refractivity contribution in [2.45, 2.75) is 31.9 Å². The summed E-state index contributed by atoms with van der Waals surface area (Å²) in [6, 6.07) is 16.1. The summed E-state index contributed by atoms with van der Waals surface area (Å²) in [5.74, 6) is 0.810. The van der Waals surface area contributed by atoms with Gasteiger partial charge in [-0.3, -0.25) is 0 Å². The van der Waals surface area contributed by atoms with Gasteiger partial charge in [0.2, 0.25) is 0 Å². The van der Waals surface area contributed by atoms with Gasteiger partial charge in [-0.25, -0.2) is 0 Å². The number of hydrogen-bond acceptors (Lipinski definition) is 3. The van der Waals surface area contributed by atoms with Crippen LogP contribution in [0.3, 0.4) is 0 Å². The first-order valence-electron chi connectivity index (χ1n) is 8.80. The molecule has 4 nitrogen and oxygen atoms in total. The molecule has 3 rings (SSSR count). The highest BCUT2D eigenvalue weighted by Gasteiger charge is 2.21. The lowest BCUT2D eigenvalue weighted by atomic mass is 9.94. The van der Waals surface area contributed by atoms with Gasteiger partial charge in [-0.15, -0.1) is 0 Å². The zero-order valence-corrected chi connectivity index (χ0v) is 17.3. The maximum atomic E-state index is 10.3. The minimum Gasteiger partial charge on any atom is -0.490 e. The molecule has 0 unspecified atom stereocenters. The molecule has 0 saturated heterocycles. The maximum absolute atomic E-state index is 10.3. The summed E-state index contributed by atoms with van der Waals surface area (Å²) in [7, 11) is 0. The largest absolute Gasteiger partial charge is 0.490 e. The number of aliphatic hydroxyl groups excluding tert-OH is 1. The summed E-state index contributed by atoms with van der Waals surface area (Å²) in [6.45, 7) is 5.07. The molecule has 0 aliphatic carbocycles. The van der Waals surface area contributed by atoms with E-state index in [2.05, 4.69) is 71.1 Å². The Morgan fingerprint density at radius 1 is 1.15 bits per heavy atom. The van der Waals surface area contributed by atoms with Crippen LogP contribution >= 0.6 is 22.6 Å². The van der Waals surface area contributed by atoms with Crippen LogP contribution in [-0.2, 0) is 6.42 Å². The fourth-order valence-corrected chi connectivity index (χ4v) is 3.56. The third kappa shape index (κ3) is 4.99. The second-order valence-electron chi connectivity index (χ2n) is 7.20. The first kappa shape index (κ1) is 19.2. The quantitative estimate of drug-likeness (QED) is 0.440. The summed E-state index contributed by atoms with van der Waals surface area (Å²) in [4.78, 5) is 3.32. The number of benzene rings is 2. The Bertz CT molecular complexity index is 860. The molecule has 1 atom stereocenters. The molecule has 0 fully saturated rings. The second-order valence-corrected chi connectivity index (χ2v) is 8.36. The lowest BCUT2D eigenvalue weighted by Gasteiger charge is -2.28. The van der Waals surface area contributed by atoms with Gasteiger partial charge in [0.25, 0.3) is 0 Å². The van der Waals surface area contributed by atoms with Crippen molar-refractivity contribution in [1.82, 2.24) is 10.3 Å². The molecule has 5 heteroatoms. The summed E-state index contributed by atoms with van der Waals surface area (Å²) in [6.07, 6.45) is 2.39. The Morgan fingerprint density at radius 3 is 2.69 bits per heavy atom. The van der Waals surface area contributed by atoms with Crippen molar-refractivity contribution >= 4 is 33.5 Å². The SMILES string of the molecule is CC(C)(Cc1c[nH]c2ccccc12)NC[C@H](O)COc1ccccc1I. The maximum Gasteiger partial charge on any atom is 0.132 e. The lowest BCUT2D eigenvalue weighted by molar-refractivity contribution is 0.0984. The fourth-order valence-electron chi connectivity index (χ4n) is 3.02. The number of halogens is 1. The predicted molar refractivity (Wildman–Crippen MR) is 115 cm³/mol. The topological polar surface area (TPSA) is 57.3 Å². The number of aliphatic hydroxyl groups is 1. The third-order valence-electron chi connectivity index (χ3n) is 4.39. The molecule has 0 spiro atoms. The minimum absolute atomic E-state index is 0.132. The van der Waals surface area contributed by atoms with E-state index in [9.17, 15) is 5.11 Å². The smallest absolute Gasteiger partial charge is 0.132 e. The van der Waals surface area contributed by atoms with Crippen LogP contribution in [0.4, 0.5) is 0 Å². The number of β-amino-alcohol motifs (C(OH)–C–C–N with tert-alkyl or cyclic N) is 1. The number of para-hydroxylation sites is 2. The summed E-state index contributed by atoms with van der Waals surface area (Å²) in [5.41, 5.74) is 2.31. The van der Waals surface area contributed by atoms with Crippen molar-refractivity contribution < 1.29 is 9.84 Å². The molecule has 0 aliphatic heterocycles. The van der Waals surface area contributed by atoms with E-state index in [-0.39, 0.29) is 12.1 Å². The van der Waals surface area contributed by atoms with Crippen molar-refractivity contribution in [3.05, 3.63) is 63.9 Å². The van der Waals surface area contributed by atoms with Gasteiger partial charge >= 0.3 is 0 Å². The van der Waals surface area contributed by atoms with Crippen molar-refractivity contribution in [3.8, 4) is 5.75 Å². The average molecular weight is 464 g/mol. The molecule has 1 aromatic heterocycles. The Balaban J connectivity index is 1.52. The molecular weight excluding hydrogens is 439 g/mol. The second kappa shape index (κ2) is 8.41. The molecule has 0 radical (unpaired) electrons. The molecule has 0 aliphatic rings. The Morgan fingerprint density at radius 2 is 1.88 bits per heavy atom. The molecule has 0 amide bonds. The molecule has 3 N–H and O–H groups in total. The van der Waals surface area contributed by atoms with Crippen LogP contribution < -0.4 is 10.1 Å². The van der Waals surface area contributed by atoms with Gasteiger partial charge in [-0.2, -0.15) is 0 Å². The molecule has 3 aromatic rings. The van der Waals surface area contributed by atoms with E-state index in [0.717, 1.165) is 21.3 Å². The van der Waals surface area contributed by atoms with E-state index < -0.39 is 6.10 Å². The van der Waals surface area contributed by atoms with E-state index in [1.807, 2.05) is 30.3 Å². The first-order valence-corrected chi connectivity index (χ1v) is 9.88. The Kier molecular flexibility index (Phi) is 6.21. The Labute approximate surface area is 168 Å². The minimum atomic E-state index is -0.562. The van der Waals surface area contributed by atoms with Gasteiger partial charge < -0.3 is 20.1 Å². The summed E-state index contributed by atoms with van der Waals surface area (Å²) < 4.78 is 6.77. The number of aromatic amines is 1. The molecule has 0 saturated carbocycles. The first-order chi connectivity index (χ1) is 12.4. The normalized spacial score (nSPS) is 13.1. The van der Waals surface area contributed by atoms with Crippen molar-refractivity contribution in [2.75, 3.05) is 13.2 Å². The molecule has 2 aromatic carbocycles. The number of H-pyrrole nitrogens is 1. The molecule has 26 heavy (non-hydrogen) atoms. The average Bonchev–Trinajstić information content (AvgIpc) is 3.02. The fraction of sp³-hybridized carbons (Fsp3) is 0.333. The van der Waals surface area contributed by atoms with Crippen molar-refractivity contribution in [2.24, 2.45) is 0 Å². The van der Waals surface area contributed by atoms with Crippen molar-refractivity contribution in [1.29, 1.82) is 0 Å². The van der Waals surface area contributed by atoms with Gasteiger partial charge in [0.05, 0.1) is 3.57 Å². The van der Waals surface area contributed by atoms with Crippen LogP contribution in [0.25, 0.3) is 10.9 Å². The lowest BCUT2D eigenvalue weighted by Crippen LogP contribution is -2.46. The van der Waals surface area contributed by atoms with Crippen LogP contribution in [0.5, 0.6) is 5.75 Å². The van der Waals surface area contributed by atoms with Gasteiger partial charge in [-0.1, -0.05) is 30.3 Å². The van der Waals surface area contributed by atoms with Crippen LogP contribution in [-0.4, -0.2) is 34.9 Å². The molecule has 138 valence electrons. The van der Waals surface area contributed by atoms with E-state index in [4.69, 9.17) is 4.74 Å². The number of rotatable bonds is 8. The van der Waals surface area contributed by atoms with Crippen LogP contribution in [0, 0.1) is 3.57 Å². The number of hydrogen-bond donors (Lipinski definition) is 3. The van der Waals surface area contributed by atoms with Crippen LogP contribution in [0.1, 0.15) is 19.4 Å². The van der Waals surface area contributed by atoms with Gasteiger partial charge in [0, 0.05) is 29.2 Å². The van der Waals surface area contributed by atoms with E-state index >= 15 is 0 Å². The predicted octanol–water partition coefficient (Wildman–Crippen LogP) is 4.12. The number of fused-ring (bicyclic) bond motifs is 1. The van der Waals surface area contributed by atoms with Crippen molar-refractivity contribution in [3.63, 3.8) is 0 Å². The third-order valence-corrected chi connectivity index (χ3v) is 5.28. The Hall–Kier alpha value is -1.57. The van der Waals surface area contributed by atoms with E-state index in [1.165, 1.54) is 10.9 Å².